The van der Waals surface area contributed by atoms with Crippen molar-refractivity contribution in [2.75, 3.05) is 0 Å². The molecule has 0 fully saturated rings. The molecule has 1 nitrogen and oxygen atoms in total. The molecule has 1 aromatic carbocycles. The fourth-order valence-electron chi connectivity index (χ4n) is 1.05. The lowest BCUT2D eigenvalue weighted by Crippen LogP contribution is -2.18. The Morgan fingerprint density at radius 3 is 2.83 bits per heavy atom. The molecule has 66 valence electrons. The number of hydrogen-bond donors (Lipinski definition) is 1. The summed E-state index contributed by atoms with van der Waals surface area (Å²) in [6, 6.07) is 5.05. The van der Waals surface area contributed by atoms with Crippen LogP contribution in [-0.2, 0) is 6.42 Å². The van der Waals surface area contributed by atoms with Gasteiger partial charge in [-0.2, -0.15) is 0 Å². The molecule has 0 radical (unpaired) electrons. The van der Waals surface area contributed by atoms with Crippen molar-refractivity contribution in [2.24, 2.45) is 5.73 Å². The van der Waals surface area contributed by atoms with Gasteiger partial charge in [0.05, 0.1) is 4.47 Å². The monoisotopic (exact) mass is 231 g/mol. The van der Waals surface area contributed by atoms with E-state index in [1.54, 1.807) is 6.07 Å². The summed E-state index contributed by atoms with van der Waals surface area (Å²) in [5, 5.41) is 0. The highest BCUT2D eigenvalue weighted by Gasteiger charge is 2.06. The third kappa shape index (κ3) is 2.29. The molecule has 1 aromatic rings. The summed E-state index contributed by atoms with van der Waals surface area (Å²) in [6.07, 6.45) is 0.693. The summed E-state index contributed by atoms with van der Waals surface area (Å²) < 4.78 is 13.5. The Kier molecular flexibility index (Phi) is 3.23. The second kappa shape index (κ2) is 4.01. The Morgan fingerprint density at radius 1 is 1.58 bits per heavy atom. The van der Waals surface area contributed by atoms with Gasteiger partial charge in [0.25, 0.3) is 0 Å². The van der Waals surface area contributed by atoms with E-state index in [0.717, 1.165) is 5.56 Å². The average molecular weight is 232 g/mol. The number of halogens is 2. The first-order chi connectivity index (χ1) is 5.61. The zero-order valence-corrected chi connectivity index (χ0v) is 8.44. The zero-order valence-electron chi connectivity index (χ0n) is 6.85. The van der Waals surface area contributed by atoms with Gasteiger partial charge in [-0.25, -0.2) is 4.39 Å². The first kappa shape index (κ1) is 9.68. The van der Waals surface area contributed by atoms with Crippen LogP contribution in [0.15, 0.2) is 22.7 Å². The minimum absolute atomic E-state index is 0.0584. The Balaban J connectivity index is 2.92. The maximum atomic E-state index is 12.9. The number of hydrogen-bond acceptors (Lipinski definition) is 1. The minimum Gasteiger partial charge on any atom is -0.328 e. The third-order valence-corrected chi connectivity index (χ3v) is 2.46. The van der Waals surface area contributed by atoms with Crippen molar-refractivity contribution in [1.29, 1.82) is 0 Å². The fourth-order valence-corrected chi connectivity index (χ4v) is 1.48. The summed E-state index contributed by atoms with van der Waals surface area (Å²) in [6.45, 7) is 1.90. The second-order valence-electron chi connectivity index (χ2n) is 2.89. The first-order valence-corrected chi connectivity index (χ1v) is 4.59. The van der Waals surface area contributed by atoms with E-state index in [1.165, 1.54) is 6.07 Å². The average Bonchev–Trinajstić information content (AvgIpc) is 1.98. The van der Waals surface area contributed by atoms with E-state index in [1.807, 2.05) is 13.0 Å². The summed E-state index contributed by atoms with van der Waals surface area (Å²) >= 11 is 3.18. The van der Waals surface area contributed by atoms with Crippen LogP contribution in [0.1, 0.15) is 12.5 Å². The van der Waals surface area contributed by atoms with Crippen LogP contribution in [-0.4, -0.2) is 6.04 Å². The quantitative estimate of drug-likeness (QED) is 0.832. The molecule has 0 aliphatic rings. The summed E-state index contributed by atoms with van der Waals surface area (Å²) in [4.78, 5) is 0. The molecule has 12 heavy (non-hydrogen) atoms. The highest BCUT2D eigenvalue weighted by atomic mass is 79.9. The zero-order chi connectivity index (χ0) is 9.14. The van der Waals surface area contributed by atoms with Crippen LogP contribution in [0.2, 0.25) is 0 Å². The topological polar surface area (TPSA) is 26.0 Å². The number of rotatable bonds is 2. The number of benzene rings is 1. The molecule has 0 unspecified atom stereocenters. The van der Waals surface area contributed by atoms with Crippen LogP contribution in [0.3, 0.4) is 0 Å². The van der Waals surface area contributed by atoms with Gasteiger partial charge in [0.2, 0.25) is 0 Å². The van der Waals surface area contributed by atoms with Crippen molar-refractivity contribution in [3.8, 4) is 0 Å². The maximum Gasteiger partial charge on any atom is 0.137 e. The van der Waals surface area contributed by atoms with E-state index in [4.69, 9.17) is 5.73 Å². The van der Waals surface area contributed by atoms with Crippen molar-refractivity contribution in [3.05, 3.63) is 34.1 Å². The molecule has 0 saturated carbocycles. The van der Waals surface area contributed by atoms with Crippen LogP contribution in [0.25, 0.3) is 0 Å². The van der Waals surface area contributed by atoms with E-state index >= 15 is 0 Å². The molecular formula is C9H11BrFN. The largest absolute Gasteiger partial charge is 0.328 e. The van der Waals surface area contributed by atoms with Crippen molar-refractivity contribution >= 4 is 15.9 Å². The van der Waals surface area contributed by atoms with Crippen LogP contribution < -0.4 is 5.73 Å². The Morgan fingerprint density at radius 2 is 2.25 bits per heavy atom. The lowest BCUT2D eigenvalue weighted by molar-refractivity contribution is 0.615. The van der Waals surface area contributed by atoms with Gasteiger partial charge in [0.15, 0.2) is 0 Å². The SMILES string of the molecule is C[C@H](N)Cc1cccc(F)c1Br. The predicted octanol–water partition coefficient (Wildman–Crippen LogP) is 2.48. The molecule has 0 saturated heterocycles. The Bertz CT molecular complexity index is 273. The highest BCUT2D eigenvalue weighted by molar-refractivity contribution is 9.10. The Hall–Kier alpha value is -0.410. The van der Waals surface area contributed by atoms with Crippen molar-refractivity contribution in [1.82, 2.24) is 0 Å². The van der Waals surface area contributed by atoms with Gasteiger partial charge < -0.3 is 5.73 Å². The molecule has 0 aromatic heterocycles. The molecule has 1 atom stereocenters. The summed E-state index contributed by atoms with van der Waals surface area (Å²) in [7, 11) is 0. The van der Waals surface area contributed by atoms with E-state index < -0.39 is 0 Å². The van der Waals surface area contributed by atoms with Gasteiger partial charge >= 0.3 is 0 Å². The minimum atomic E-state index is -0.229. The summed E-state index contributed by atoms with van der Waals surface area (Å²) in [5.74, 6) is -0.229. The second-order valence-corrected chi connectivity index (χ2v) is 3.69. The van der Waals surface area contributed by atoms with Crippen LogP contribution in [0, 0.1) is 5.82 Å². The standard InChI is InChI=1S/C9H11BrFN/c1-6(12)5-7-3-2-4-8(11)9(7)10/h2-4,6H,5,12H2,1H3/t6-/m0/s1. The molecule has 0 aliphatic carbocycles. The van der Waals surface area contributed by atoms with Gasteiger partial charge in [-0.1, -0.05) is 12.1 Å². The lowest BCUT2D eigenvalue weighted by Gasteiger charge is -2.07. The van der Waals surface area contributed by atoms with Gasteiger partial charge in [0.1, 0.15) is 5.82 Å². The molecule has 3 heteroatoms. The lowest BCUT2D eigenvalue weighted by atomic mass is 10.1. The van der Waals surface area contributed by atoms with Crippen molar-refractivity contribution in [2.45, 2.75) is 19.4 Å². The maximum absolute atomic E-state index is 12.9. The van der Waals surface area contributed by atoms with Crippen LogP contribution >= 0.6 is 15.9 Å². The number of nitrogens with two attached hydrogens (primary N) is 1. The highest BCUT2D eigenvalue weighted by Crippen LogP contribution is 2.21. The third-order valence-electron chi connectivity index (χ3n) is 1.57. The van der Waals surface area contributed by atoms with E-state index in [0.29, 0.717) is 10.9 Å². The molecular weight excluding hydrogens is 221 g/mol. The Labute approximate surface area is 79.9 Å². The van der Waals surface area contributed by atoms with Crippen LogP contribution in [0.4, 0.5) is 4.39 Å². The van der Waals surface area contributed by atoms with Crippen LogP contribution in [0.5, 0.6) is 0 Å². The smallest absolute Gasteiger partial charge is 0.137 e. The molecule has 0 aliphatic heterocycles. The van der Waals surface area contributed by atoms with E-state index in [9.17, 15) is 4.39 Å². The molecule has 1 rings (SSSR count). The normalized spacial score (nSPS) is 13.0. The molecule has 0 spiro atoms. The molecule has 0 bridgehead atoms. The van der Waals surface area contributed by atoms with Gasteiger partial charge in [-0.05, 0) is 40.9 Å². The molecule has 2 N–H and O–H groups in total. The summed E-state index contributed by atoms with van der Waals surface area (Å²) in [5.41, 5.74) is 6.52. The molecule has 0 heterocycles. The van der Waals surface area contributed by atoms with Gasteiger partial charge in [-0.3, -0.25) is 0 Å². The molecule has 0 amide bonds. The fraction of sp³-hybridized carbons (Fsp3) is 0.333. The van der Waals surface area contributed by atoms with Gasteiger partial charge in [-0.15, -0.1) is 0 Å². The predicted molar refractivity (Wildman–Crippen MR) is 51.5 cm³/mol. The van der Waals surface area contributed by atoms with E-state index in [2.05, 4.69) is 15.9 Å². The van der Waals surface area contributed by atoms with Crippen molar-refractivity contribution < 1.29 is 4.39 Å². The van der Waals surface area contributed by atoms with Gasteiger partial charge in [0, 0.05) is 6.04 Å². The van der Waals surface area contributed by atoms with Crippen molar-refractivity contribution in [3.63, 3.8) is 0 Å². The van der Waals surface area contributed by atoms with E-state index in [-0.39, 0.29) is 11.9 Å². The first-order valence-electron chi connectivity index (χ1n) is 3.79.